The van der Waals surface area contributed by atoms with Gasteiger partial charge in [0.05, 0.1) is 0 Å². The van der Waals surface area contributed by atoms with Crippen LogP contribution in [0.2, 0.25) is 0 Å². The summed E-state index contributed by atoms with van der Waals surface area (Å²) >= 11 is 0. The number of aliphatic imine (C=N–C) groups is 1. The van der Waals surface area contributed by atoms with E-state index in [0.717, 1.165) is 25.0 Å². The van der Waals surface area contributed by atoms with Gasteiger partial charge in [0.15, 0.2) is 5.96 Å². The van der Waals surface area contributed by atoms with Crippen molar-refractivity contribution < 1.29 is 0 Å². The van der Waals surface area contributed by atoms with Crippen molar-refractivity contribution in [2.45, 2.75) is 46.2 Å². The number of nitrogens with one attached hydrogen (secondary N) is 2. The zero-order valence-electron chi connectivity index (χ0n) is 15.1. The van der Waals surface area contributed by atoms with Gasteiger partial charge in [0.2, 0.25) is 0 Å². The Morgan fingerprint density at radius 1 is 1.27 bits per heavy atom. The molecule has 22 heavy (non-hydrogen) atoms. The second-order valence-corrected chi connectivity index (χ2v) is 7.28. The summed E-state index contributed by atoms with van der Waals surface area (Å²) < 4.78 is 0. The molecule has 0 saturated carbocycles. The Bertz CT molecular complexity index is 368. The van der Waals surface area contributed by atoms with E-state index in [4.69, 9.17) is 0 Å². The maximum Gasteiger partial charge on any atom is 0.191 e. The third-order valence-corrected chi connectivity index (χ3v) is 5.29. The molecule has 2 rings (SSSR count). The molecule has 0 aromatic carbocycles. The van der Waals surface area contributed by atoms with E-state index in [-0.39, 0.29) is 0 Å². The lowest BCUT2D eigenvalue weighted by atomic mass is 10.1. The van der Waals surface area contributed by atoms with Crippen LogP contribution < -0.4 is 10.6 Å². The van der Waals surface area contributed by atoms with E-state index in [1.54, 1.807) is 0 Å². The zero-order chi connectivity index (χ0) is 16.1. The molecule has 128 valence electrons. The first-order valence-electron chi connectivity index (χ1n) is 8.97. The van der Waals surface area contributed by atoms with Gasteiger partial charge in [-0.1, -0.05) is 13.8 Å². The van der Waals surface area contributed by atoms with Crippen LogP contribution in [0.1, 0.15) is 34.1 Å². The molecule has 5 nitrogen and oxygen atoms in total. The van der Waals surface area contributed by atoms with Crippen LogP contribution >= 0.6 is 0 Å². The molecule has 0 aromatic heterocycles. The number of rotatable bonds is 5. The second kappa shape index (κ2) is 8.16. The maximum atomic E-state index is 4.42. The Kier molecular flexibility index (Phi) is 6.50. The molecule has 0 radical (unpaired) electrons. The summed E-state index contributed by atoms with van der Waals surface area (Å²) in [7, 11) is 1.88. The highest BCUT2D eigenvalue weighted by Crippen LogP contribution is 2.18. The van der Waals surface area contributed by atoms with Crippen LogP contribution in [0.25, 0.3) is 0 Å². The minimum atomic E-state index is 0.504. The number of nitrogens with zero attached hydrogens (tertiary/aromatic N) is 3. The van der Waals surface area contributed by atoms with Gasteiger partial charge in [0.1, 0.15) is 0 Å². The van der Waals surface area contributed by atoms with Crippen molar-refractivity contribution >= 4 is 5.96 Å². The lowest BCUT2D eigenvalue weighted by molar-refractivity contribution is 0.265. The quantitative estimate of drug-likeness (QED) is 0.592. The highest BCUT2D eigenvalue weighted by atomic mass is 15.3. The molecule has 3 unspecified atom stereocenters. The third-order valence-electron chi connectivity index (χ3n) is 5.29. The summed E-state index contributed by atoms with van der Waals surface area (Å²) in [6.45, 7) is 16.1. The Morgan fingerprint density at radius 3 is 2.59 bits per heavy atom. The van der Waals surface area contributed by atoms with E-state index in [0.29, 0.717) is 18.0 Å². The lowest BCUT2D eigenvalue weighted by Gasteiger charge is -2.22. The summed E-state index contributed by atoms with van der Waals surface area (Å²) in [5.41, 5.74) is 0. The SMILES string of the molecule is CCN1CCC(CNC(=NC)NC2CN(C(C)C)CC2C)C1. The Hall–Kier alpha value is -0.810. The van der Waals surface area contributed by atoms with Gasteiger partial charge in [-0.3, -0.25) is 9.89 Å². The van der Waals surface area contributed by atoms with Gasteiger partial charge in [0.25, 0.3) is 0 Å². The highest BCUT2D eigenvalue weighted by molar-refractivity contribution is 5.80. The van der Waals surface area contributed by atoms with E-state index >= 15 is 0 Å². The van der Waals surface area contributed by atoms with Gasteiger partial charge in [-0.2, -0.15) is 0 Å². The fraction of sp³-hybridized carbons (Fsp3) is 0.941. The van der Waals surface area contributed by atoms with Crippen LogP contribution in [0.4, 0.5) is 0 Å². The van der Waals surface area contributed by atoms with Crippen LogP contribution in [-0.2, 0) is 0 Å². The Morgan fingerprint density at radius 2 is 2.05 bits per heavy atom. The molecule has 2 N–H and O–H groups in total. The molecular weight excluding hydrogens is 274 g/mol. The second-order valence-electron chi connectivity index (χ2n) is 7.28. The van der Waals surface area contributed by atoms with Crippen molar-refractivity contribution in [1.82, 2.24) is 20.4 Å². The van der Waals surface area contributed by atoms with Crippen molar-refractivity contribution in [3.8, 4) is 0 Å². The maximum absolute atomic E-state index is 4.42. The number of likely N-dealkylation sites (tertiary alicyclic amines) is 2. The molecule has 0 aliphatic carbocycles. The van der Waals surface area contributed by atoms with E-state index in [1.807, 2.05) is 7.05 Å². The largest absolute Gasteiger partial charge is 0.356 e. The van der Waals surface area contributed by atoms with Crippen LogP contribution in [0.3, 0.4) is 0 Å². The molecule has 2 aliphatic heterocycles. The van der Waals surface area contributed by atoms with Crippen LogP contribution in [0, 0.1) is 11.8 Å². The van der Waals surface area contributed by atoms with Gasteiger partial charge in [-0.15, -0.1) is 0 Å². The van der Waals surface area contributed by atoms with Crippen LogP contribution in [-0.4, -0.2) is 74.2 Å². The first kappa shape index (κ1) is 17.5. The van der Waals surface area contributed by atoms with Crippen LogP contribution in [0.5, 0.6) is 0 Å². The van der Waals surface area contributed by atoms with Crippen LogP contribution in [0.15, 0.2) is 4.99 Å². The Balaban J connectivity index is 1.76. The molecule has 2 heterocycles. The van der Waals surface area contributed by atoms with Crippen molar-refractivity contribution in [3.05, 3.63) is 0 Å². The third kappa shape index (κ3) is 4.59. The van der Waals surface area contributed by atoms with Crippen molar-refractivity contribution in [3.63, 3.8) is 0 Å². The molecule has 0 amide bonds. The molecule has 2 aliphatic rings. The Labute approximate surface area is 136 Å². The number of guanidine groups is 1. The fourth-order valence-electron chi connectivity index (χ4n) is 3.59. The number of hydrogen-bond acceptors (Lipinski definition) is 3. The summed E-state index contributed by atoms with van der Waals surface area (Å²) in [5.74, 6) is 2.40. The smallest absolute Gasteiger partial charge is 0.191 e. The molecule has 3 atom stereocenters. The molecule has 5 heteroatoms. The van der Waals surface area contributed by atoms with Gasteiger partial charge >= 0.3 is 0 Å². The van der Waals surface area contributed by atoms with E-state index < -0.39 is 0 Å². The van der Waals surface area contributed by atoms with E-state index in [9.17, 15) is 0 Å². The topological polar surface area (TPSA) is 42.9 Å². The van der Waals surface area contributed by atoms with E-state index in [1.165, 1.54) is 32.6 Å². The monoisotopic (exact) mass is 309 g/mol. The van der Waals surface area contributed by atoms with Crippen molar-refractivity contribution in [2.24, 2.45) is 16.8 Å². The van der Waals surface area contributed by atoms with Crippen molar-refractivity contribution in [2.75, 3.05) is 46.3 Å². The minimum Gasteiger partial charge on any atom is -0.356 e. The molecule has 0 bridgehead atoms. The van der Waals surface area contributed by atoms with Gasteiger partial charge in [0, 0.05) is 45.3 Å². The molecule has 2 saturated heterocycles. The molecule has 0 aromatic rings. The van der Waals surface area contributed by atoms with Gasteiger partial charge in [-0.05, 0) is 45.2 Å². The van der Waals surface area contributed by atoms with Gasteiger partial charge < -0.3 is 15.5 Å². The summed E-state index contributed by atoms with van der Waals surface area (Å²) in [6, 6.07) is 1.13. The van der Waals surface area contributed by atoms with Crippen molar-refractivity contribution in [1.29, 1.82) is 0 Å². The zero-order valence-corrected chi connectivity index (χ0v) is 15.1. The molecule has 2 fully saturated rings. The molecular formula is C17H35N5. The summed E-state index contributed by atoms with van der Waals surface area (Å²) in [6.07, 6.45) is 1.30. The summed E-state index contributed by atoms with van der Waals surface area (Å²) in [4.78, 5) is 9.50. The lowest BCUT2D eigenvalue weighted by Crippen LogP contribution is -2.48. The predicted octanol–water partition coefficient (Wildman–Crippen LogP) is 1.22. The average Bonchev–Trinajstić information content (AvgIpc) is 3.10. The van der Waals surface area contributed by atoms with E-state index in [2.05, 4.69) is 53.1 Å². The number of hydrogen-bond donors (Lipinski definition) is 2. The van der Waals surface area contributed by atoms with Gasteiger partial charge in [-0.25, -0.2) is 0 Å². The average molecular weight is 310 g/mol. The first-order chi connectivity index (χ1) is 10.5. The summed E-state index contributed by atoms with van der Waals surface area (Å²) in [5, 5.41) is 7.17. The fourth-order valence-corrected chi connectivity index (χ4v) is 3.59. The predicted molar refractivity (Wildman–Crippen MR) is 94.4 cm³/mol. The minimum absolute atomic E-state index is 0.504. The highest BCUT2D eigenvalue weighted by Gasteiger charge is 2.31. The standard InChI is InChI=1S/C17H35N5/c1-6-21-8-7-15(11-21)9-19-17(18-5)20-16-12-22(13(2)3)10-14(16)4/h13-16H,6-12H2,1-5H3,(H2,18,19,20). The molecule has 0 spiro atoms. The first-order valence-corrected chi connectivity index (χ1v) is 8.97. The normalized spacial score (nSPS) is 31.2.